The van der Waals surface area contributed by atoms with Gasteiger partial charge in [0.25, 0.3) is 0 Å². The maximum absolute atomic E-state index is 11.8. The Morgan fingerprint density at radius 2 is 1.07 bits per heavy atom. The molecule has 0 bridgehead atoms. The van der Waals surface area contributed by atoms with Gasteiger partial charge >= 0.3 is 5.97 Å². The number of carbonyl (C=O) groups is 1. The van der Waals surface area contributed by atoms with Gasteiger partial charge in [0, 0.05) is 6.54 Å². The molecule has 138 valence electrons. The summed E-state index contributed by atoms with van der Waals surface area (Å²) < 4.78 is 0. The first-order valence-corrected chi connectivity index (χ1v) is 8.92. The maximum atomic E-state index is 11.8. The van der Waals surface area contributed by atoms with Crippen molar-refractivity contribution in [2.75, 3.05) is 6.54 Å². The summed E-state index contributed by atoms with van der Waals surface area (Å²) in [5.74, 6) is -0.977. The lowest BCUT2D eigenvalue weighted by Crippen LogP contribution is -2.64. The van der Waals surface area contributed by atoms with E-state index in [9.17, 15) is 9.90 Å². The molecule has 1 unspecified atom stereocenters. The highest BCUT2D eigenvalue weighted by Crippen LogP contribution is 2.47. The van der Waals surface area contributed by atoms with Crippen molar-refractivity contribution in [2.24, 2.45) is 11.5 Å². The molecular formula is C23H24N2O2. The molecule has 0 heterocycles. The molecule has 0 aliphatic heterocycles. The van der Waals surface area contributed by atoms with E-state index in [-0.39, 0.29) is 13.0 Å². The van der Waals surface area contributed by atoms with Gasteiger partial charge in [0.2, 0.25) is 0 Å². The first-order valence-electron chi connectivity index (χ1n) is 8.92. The highest BCUT2D eigenvalue weighted by Gasteiger charge is 2.52. The average molecular weight is 360 g/mol. The van der Waals surface area contributed by atoms with Crippen molar-refractivity contribution in [2.45, 2.75) is 17.4 Å². The standard InChI is InChI=1S/C23H24N2O2/c24-17-22(25,16-21(26)27)23(18-10-4-1-5-11-18,19-12-6-2-7-13-19)20-14-8-3-9-15-20/h1-15H,16-17,24-25H2,(H,26,27). The molecule has 4 heteroatoms. The van der Waals surface area contributed by atoms with Crippen LogP contribution in [0.3, 0.4) is 0 Å². The summed E-state index contributed by atoms with van der Waals surface area (Å²) in [6.07, 6.45) is -0.262. The molecule has 4 nitrogen and oxygen atoms in total. The molecule has 0 spiro atoms. The van der Waals surface area contributed by atoms with Gasteiger partial charge in [0.15, 0.2) is 0 Å². The lowest BCUT2D eigenvalue weighted by molar-refractivity contribution is -0.138. The zero-order valence-corrected chi connectivity index (χ0v) is 15.1. The molecule has 0 aliphatic rings. The first-order chi connectivity index (χ1) is 13.0. The van der Waals surface area contributed by atoms with Crippen LogP contribution in [-0.2, 0) is 10.2 Å². The lowest BCUT2D eigenvalue weighted by atomic mass is 9.57. The second-order valence-electron chi connectivity index (χ2n) is 6.78. The number of rotatable bonds is 7. The van der Waals surface area contributed by atoms with E-state index in [2.05, 4.69) is 0 Å². The third-order valence-corrected chi connectivity index (χ3v) is 5.20. The minimum absolute atomic E-state index is 0.0119. The SMILES string of the molecule is NCC(N)(CC(=O)O)C(c1ccccc1)(c1ccccc1)c1ccccc1. The van der Waals surface area contributed by atoms with Crippen LogP contribution in [0.1, 0.15) is 23.1 Å². The molecule has 5 N–H and O–H groups in total. The fourth-order valence-electron chi connectivity index (χ4n) is 4.05. The fourth-order valence-corrected chi connectivity index (χ4v) is 4.05. The van der Waals surface area contributed by atoms with Gasteiger partial charge in [-0.3, -0.25) is 4.79 Å². The predicted octanol–water partition coefficient (Wildman–Crippen LogP) is 3.15. The zero-order chi connectivity index (χ0) is 19.3. The van der Waals surface area contributed by atoms with E-state index < -0.39 is 16.9 Å². The number of aliphatic carboxylic acids is 1. The Morgan fingerprint density at radius 3 is 1.33 bits per heavy atom. The molecule has 0 radical (unpaired) electrons. The van der Waals surface area contributed by atoms with E-state index in [0.29, 0.717) is 0 Å². The van der Waals surface area contributed by atoms with E-state index in [0.717, 1.165) is 16.7 Å². The highest BCUT2D eigenvalue weighted by atomic mass is 16.4. The Balaban J connectivity index is 2.45. The van der Waals surface area contributed by atoms with Gasteiger partial charge in [-0.2, -0.15) is 0 Å². The number of carboxylic acids is 1. The smallest absolute Gasteiger partial charge is 0.305 e. The van der Waals surface area contributed by atoms with Crippen LogP contribution < -0.4 is 11.5 Å². The maximum Gasteiger partial charge on any atom is 0.305 e. The van der Waals surface area contributed by atoms with Crippen molar-refractivity contribution in [1.29, 1.82) is 0 Å². The third-order valence-electron chi connectivity index (χ3n) is 5.20. The van der Waals surface area contributed by atoms with Crippen LogP contribution in [0.4, 0.5) is 0 Å². The van der Waals surface area contributed by atoms with Gasteiger partial charge in [-0.25, -0.2) is 0 Å². The fraction of sp³-hybridized carbons (Fsp3) is 0.174. The van der Waals surface area contributed by atoms with Crippen molar-refractivity contribution in [3.05, 3.63) is 108 Å². The van der Waals surface area contributed by atoms with E-state index in [1.165, 1.54) is 0 Å². The highest BCUT2D eigenvalue weighted by molar-refractivity contribution is 5.71. The molecule has 0 saturated heterocycles. The largest absolute Gasteiger partial charge is 0.481 e. The summed E-state index contributed by atoms with van der Waals surface area (Å²) >= 11 is 0. The topological polar surface area (TPSA) is 89.3 Å². The summed E-state index contributed by atoms with van der Waals surface area (Å²) in [6, 6.07) is 29.3. The Hall–Kier alpha value is -2.95. The summed E-state index contributed by atoms with van der Waals surface area (Å²) in [5, 5.41) is 9.65. The van der Waals surface area contributed by atoms with Crippen LogP contribution in [0.15, 0.2) is 91.0 Å². The summed E-state index contributed by atoms with van der Waals surface area (Å²) in [7, 11) is 0. The van der Waals surface area contributed by atoms with Crippen molar-refractivity contribution >= 4 is 5.97 Å². The van der Waals surface area contributed by atoms with Gasteiger partial charge in [-0.1, -0.05) is 91.0 Å². The monoisotopic (exact) mass is 360 g/mol. The normalized spacial score (nSPS) is 13.7. The van der Waals surface area contributed by atoms with Crippen LogP contribution in [0.25, 0.3) is 0 Å². The minimum atomic E-state index is -1.23. The number of hydrogen-bond acceptors (Lipinski definition) is 3. The molecule has 0 fully saturated rings. The van der Waals surface area contributed by atoms with E-state index >= 15 is 0 Å². The quantitative estimate of drug-likeness (QED) is 0.565. The molecular weight excluding hydrogens is 336 g/mol. The summed E-state index contributed by atoms with van der Waals surface area (Å²) in [6.45, 7) is 0.0119. The Morgan fingerprint density at radius 1 is 0.741 bits per heavy atom. The Labute approximate surface area is 159 Å². The molecule has 3 aromatic rings. The van der Waals surface area contributed by atoms with Gasteiger partial charge in [0.1, 0.15) is 0 Å². The van der Waals surface area contributed by atoms with Crippen molar-refractivity contribution in [3.8, 4) is 0 Å². The first kappa shape index (κ1) is 18.8. The van der Waals surface area contributed by atoms with Crippen LogP contribution in [0.2, 0.25) is 0 Å². The van der Waals surface area contributed by atoms with E-state index in [4.69, 9.17) is 11.5 Å². The van der Waals surface area contributed by atoms with Gasteiger partial charge in [-0.15, -0.1) is 0 Å². The molecule has 1 atom stereocenters. The van der Waals surface area contributed by atoms with Gasteiger partial charge < -0.3 is 16.6 Å². The third kappa shape index (κ3) is 3.25. The van der Waals surface area contributed by atoms with Crippen LogP contribution >= 0.6 is 0 Å². The molecule has 3 rings (SSSR count). The van der Waals surface area contributed by atoms with Gasteiger partial charge in [-0.05, 0) is 16.7 Å². The van der Waals surface area contributed by atoms with Crippen LogP contribution in [0.5, 0.6) is 0 Å². The zero-order valence-electron chi connectivity index (χ0n) is 15.1. The van der Waals surface area contributed by atoms with Gasteiger partial charge in [0.05, 0.1) is 17.4 Å². The number of benzene rings is 3. The molecule has 0 saturated carbocycles. The lowest BCUT2D eigenvalue weighted by Gasteiger charge is -2.49. The van der Waals surface area contributed by atoms with Crippen molar-refractivity contribution in [1.82, 2.24) is 0 Å². The predicted molar refractivity (Wildman–Crippen MR) is 107 cm³/mol. The summed E-state index contributed by atoms with van der Waals surface area (Å²) in [5.41, 5.74) is 13.6. The van der Waals surface area contributed by atoms with E-state index in [1.807, 2.05) is 91.0 Å². The molecule has 27 heavy (non-hydrogen) atoms. The van der Waals surface area contributed by atoms with Crippen molar-refractivity contribution in [3.63, 3.8) is 0 Å². The second-order valence-corrected chi connectivity index (χ2v) is 6.78. The number of nitrogens with two attached hydrogens (primary N) is 2. The molecule has 3 aromatic carbocycles. The molecule has 0 aliphatic carbocycles. The average Bonchev–Trinajstić information content (AvgIpc) is 2.70. The summed E-state index contributed by atoms with van der Waals surface area (Å²) in [4.78, 5) is 11.8. The van der Waals surface area contributed by atoms with Crippen molar-refractivity contribution < 1.29 is 9.90 Å². The second kappa shape index (κ2) is 7.74. The number of hydrogen-bond donors (Lipinski definition) is 3. The van der Waals surface area contributed by atoms with Crippen LogP contribution in [0, 0.1) is 0 Å². The van der Waals surface area contributed by atoms with E-state index in [1.54, 1.807) is 0 Å². The minimum Gasteiger partial charge on any atom is -0.481 e. The Kier molecular flexibility index (Phi) is 5.40. The number of carboxylic acid groups (broad SMARTS) is 1. The molecule has 0 aromatic heterocycles. The molecule has 0 amide bonds. The Bertz CT molecular complexity index is 785. The van der Waals surface area contributed by atoms with Crippen LogP contribution in [-0.4, -0.2) is 23.2 Å².